The second-order valence-electron chi connectivity index (χ2n) is 4.54. The normalized spacial score (nSPS) is 12.2. The van der Waals surface area contributed by atoms with Crippen LogP contribution in [0, 0.1) is 0 Å². The summed E-state index contributed by atoms with van der Waals surface area (Å²) in [6.07, 6.45) is 2.76. The molecule has 0 aliphatic carbocycles. The molecule has 0 saturated heterocycles. The summed E-state index contributed by atoms with van der Waals surface area (Å²) in [7, 11) is 0. The van der Waals surface area contributed by atoms with Crippen LogP contribution in [0.15, 0.2) is 36.4 Å². The minimum atomic E-state index is 0.209. The topological polar surface area (TPSA) is 35.2 Å². The highest BCUT2D eigenvalue weighted by Crippen LogP contribution is 2.20. The average Bonchev–Trinajstić information content (AvgIpc) is 2.30. The third-order valence-corrected chi connectivity index (χ3v) is 2.77. The fourth-order valence-corrected chi connectivity index (χ4v) is 1.58. The van der Waals surface area contributed by atoms with Crippen LogP contribution < -0.4 is 10.5 Å². The fraction of sp³-hybridized carbons (Fsp3) is 0.467. The summed E-state index contributed by atoms with van der Waals surface area (Å²) in [5.41, 5.74) is 8.32. The van der Waals surface area contributed by atoms with E-state index in [0.717, 1.165) is 30.6 Å². The number of para-hydroxylation sites is 1. The van der Waals surface area contributed by atoms with Crippen molar-refractivity contribution in [2.75, 3.05) is 6.61 Å². The Balaban J connectivity index is 2.60. The predicted molar refractivity (Wildman–Crippen MR) is 73.3 cm³/mol. The lowest BCUT2D eigenvalue weighted by Crippen LogP contribution is -2.21. The van der Waals surface area contributed by atoms with Gasteiger partial charge in [-0.2, -0.15) is 0 Å². The van der Waals surface area contributed by atoms with E-state index in [-0.39, 0.29) is 6.04 Å². The molecule has 0 spiro atoms. The van der Waals surface area contributed by atoms with Crippen molar-refractivity contribution < 1.29 is 4.74 Å². The molecule has 0 aliphatic rings. The van der Waals surface area contributed by atoms with Gasteiger partial charge in [0.2, 0.25) is 0 Å². The summed E-state index contributed by atoms with van der Waals surface area (Å²) in [6, 6.07) is 8.34. The quantitative estimate of drug-likeness (QED) is 0.733. The largest absolute Gasteiger partial charge is 0.493 e. The van der Waals surface area contributed by atoms with Gasteiger partial charge in [-0.1, -0.05) is 30.7 Å². The van der Waals surface area contributed by atoms with E-state index in [4.69, 9.17) is 10.5 Å². The lowest BCUT2D eigenvalue weighted by atomic mass is 10.0. The van der Waals surface area contributed by atoms with Gasteiger partial charge < -0.3 is 10.5 Å². The van der Waals surface area contributed by atoms with E-state index >= 15 is 0 Å². The summed E-state index contributed by atoms with van der Waals surface area (Å²) in [5.74, 6) is 0.956. The first-order chi connectivity index (χ1) is 8.13. The molecule has 1 rings (SSSR count). The van der Waals surface area contributed by atoms with Crippen molar-refractivity contribution in [3.8, 4) is 5.75 Å². The first-order valence-electron chi connectivity index (χ1n) is 6.24. The molecular weight excluding hydrogens is 210 g/mol. The Morgan fingerprint density at radius 1 is 1.41 bits per heavy atom. The van der Waals surface area contributed by atoms with Crippen molar-refractivity contribution in [3.63, 3.8) is 0 Å². The molecular formula is C15H23NO. The van der Waals surface area contributed by atoms with Crippen molar-refractivity contribution in [2.24, 2.45) is 5.73 Å². The Morgan fingerprint density at radius 3 is 2.76 bits per heavy atom. The van der Waals surface area contributed by atoms with Gasteiger partial charge in [-0.3, -0.25) is 0 Å². The highest BCUT2D eigenvalue weighted by atomic mass is 16.5. The van der Waals surface area contributed by atoms with E-state index < -0.39 is 0 Å². The van der Waals surface area contributed by atoms with Gasteiger partial charge in [-0.25, -0.2) is 0 Å². The third-order valence-electron chi connectivity index (χ3n) is 2.77. The number of hydrogen-bond acceptors (Lipinski definition) is 2. The first kappa shape index (κ1) is 13.8. The maximum atomic E-state index is 5.98. The molecule has 0 radical (unpaired) electrons. The highest BCUT2D eigenvalue weighted by molar-refractivity contribution is 5.34. The predicted octanol–water partition coefficient (Wildman–Crippen LogP) is 3.31. The lowest BCUT2D eigenvalue weighted by Gasteiger charge is -2.14. The number of benzene rings is 1. The zero-order valence-corrected chi connectivity index (χ0v) is 10.9. The highest BCUT2D eigenvalue weighted by Gasteiger charge is 2.07. The molecule has 0 amide bonds. The van der Waals surface area contributed by atoms with E-state index in [1.165, 1.54) is 5.56 Å². The van der Waals surface area contributed by atoms with Crippen LogP contribution in [0.4, 0.5) is 0 Å². The Hall–Kier alpha value is -1.28. The summed E-state index contributed by atoms with van der Waals surface area (Å²) in [6.45, 7) is 8.68. The van der Waals surface area contributed by atoms with Gasteiger partial charge in [0.15, 0.2) is 0 Å². The minimum absolute atomic E-state index is 0.209. The van der Waals surface area contributed by atoms with Gasteiger partial charge in [0.25, 0.3) is 0 Å². The van der Waals surface area contributed by atoms with Crippen molar-refractivity contribution >= 4 is 0 Å². The van der Waals surface area contributed by atoms with E-state index in [1.54, 1.807) is 0 Å². The summed E-state index contributed by atoms with van der Waals surface area (Å²) in [5, 5.41) is 0. The smallest absolute Gasteiger partial charge is 0.122 e. The molecule has 1 aromatic carbocycles. The molecule has 17 heavy (non-hydrogen) atoms. The molecule has 0 aromatic heterocycles. The second kappa shape index (κ2) is 7.13. The third kappa shape index (κ3) is 5.05. The van der Waals surface area contributed by atoms with Crippen LogP contribution in [0.25, 0.3) is 0 Å². The molecule has 0 bridgehead atoms. The molecule has 0 fully saturated rings. The van der Waals surface area contributed by atoms with Gasteiger partial charge in [0.1, 0.15) is 5.75 Å². The monoisotopic (exact) mass is 233 g/mol. The molecule has 1 unspecified atom stereocenters. The molecule has 2 heteroatoms. The van der Waals surface area contributed by atoms with Crippen LogP contribution in [-0.4, -0.2) is 12.6 Å². The standard InChI is InChI=1S/C15H23NO/c1-4-14(16)11-13-7-5-6-8-15(13)17-10-9-12(2)3/h5-8,14H,2,4,9-11,16H2,1,3H3. The molecule has 2 nitrogen and oxygen atoms in total. The van der Waals surface area contributed by atoms with Crippen molar-refractivity contribution in [2.45, 2.75) is 39.2 Å². The van der Waals surface area contributed by atoms with Crippen molar-refractivity contribution in [3.05, 3.63) is 42.0 Å². The maximum Gasteiger partial charge on any atom is 0.122 e. The Labute approximate surface area is 104 Å². The molecule has 94 valence electrons. The van der Waals surface area contributed by atoms with Gasteiger partial charge in [0, 0.05) is 12.5 Å². The Morgan fingerprint density at radius 2 is 2.12 bits per heavy atom. The van der Waals surface area contributed by atoms with Crippen molar-refractivity contribution in [1.82, 2.24) is 0 Å². The molecule has 1 aromatic rings. The van der Waals surface area contributed by atoms with E-state index in [2.05, 4.69) is 19.6 Å². The first-order valence-corrected chi connectivity index (χ1v) is 6.24. The number of hydrogen-bond donors (Lipinski definition) is 1. The molecule has 0 aliphatic heterocycles. The van der Waals surface area contributed by atoms with Gasteiger partial charge in [-0.15, -0.1) is 6.58 Å². The minimum Gasteiger partial charge on any atom is -0.493 e. The SMILES string of the molecule is C=C(C)CCOc1ccccc1CC(N)CC. The van der Waals surface area contributed by atoms with E-state index in [9.17, 15) is 0 Å². The number of rotatable bonds is 7. The van der Waals surface area contributed by atoms with Crippen LogP contribution >= 0.6 is 0 Å². The van der Waals surface area contributed by atoms with Crippen LogP contribution in [0.5, 0.6) is 5.75 Å². The molecule has 1 atom stereocenters. The summed E-state index contributed by atoms with van der Waals surface area (Å²) in [4.78, 5) is 0. The van der Waals surface area contributed by atoms with E-state index in [0.29, 0.717) is 6.61 Å². The lowest BCUT2D eigenvalue weighted by molar-refractivity contribution is 0.317. The maximum absolute atomic E-state index is 5.98. The molecule has 0 heterocycles. The Bertz CT molecular complexity index is 360. The van der Waals surface area contributed by atoms with Gasteiger partial charge >= 0.3 is 0 Å². The zero-order chi connectivity index (χ0) is 12.7. The van der Waals surface area contributed by atoms with Crippen molar-refractivity contribution in [1.29, 1.82) is 0 Å². The average molecular weight is 233 g/mol. The number of ether oxygens (including phenoxy) is 1. The van der Waals surface area contributed by atoms with Gasteiger partial charge in [-0.05, 0) is 31.4 Å². The van der Waals surface area contributed by atoms with Crippen LogP contribution in [0.3, 0.4) is 0 Å². The van der Waals surface area contributed by atoms with Crippen LogP contribution in [0.2, 0.25) is 0 Å². The van der Waals surface area contributed by atoms with Gasteiger partial charge in [0.05, 0.1) is 6.61 Å². The van der Waals surface area contributed by atoms with Crippen LogP contribution in [-0.2, 0) is 6.42 Å². The Kier molecular flexibility index (Phi) is 5.78. The fourth-order valence-electron chi connectivity index (χ4n) is 1.58. The molecule has 0 saturated carbocycles. The van der Waals surface area contributed by atoms with Crippen LogP contribution in [0.1, 0.15) is 32.3 Å². The van der Waals surface area contributed by atoms with E-state index in [1.807, 2.05) is 25.1 Å². The molecule has 2 N–H and O–H groups in total. The summed E-state index contributed by atoms with van der Waals surface area (Å²) < 4.78 is 5.78. The zero-order valence-electron chi connectivity index (χ0n) is 10.9. The summed E-state index contributed by atoms with van der Waals surface area (Å²) >= 11 is 0. The number of nitrogens with two attached hydrogens (primary N) is 1. The second-order valence-corrected chi connectivity index (χ2v) is 4.54.